The van der Waals surface area contributed by atoms with Crippen LogP contribution < -0.4 is 5.32 Å². The normalized spacial score (nSPS) is 13.9. The Kier molecular flexibility index (Phi) is 6.24. The summed E-state index contributed by atoms with van der Waals surface area (Å²) in [6.45, 7) is 2.70. The minimum atomic E-state index is -0.523. The summed E-state index contributed by atoms with van der Waals surface area (Å²) in [4.78, 5) is 0. The van der Waals surface area contributed by atoms with E-state index < -0.39 is 6.10 Å². The van der Waals surface area contributed by atoms with Gasteiger partial charge in [-0.15, -0.1) is 0 Å². The average Bonchev–Trinajstić information content (AvgIpc) is 2.52. The van der Waals surface area contributed by atoms with E-state index in [2.05, 4.69) is 36.5 Å². The SMILES string of the molecule is CCCC(NC[C@H](O)c1ccc(Cl)cc1)c1ccccc1. The van der Waals surface area contributed by atoms with Crippen LogP contribution in [0.1, 0.15) is 43.0 Å². The van der Waals surface area contributed by atoms with Gasteiger partial charge in [-0.25, -0.2) is 0 Å². The van der Waals surface area contributed by atoms with Gasteiger partial charge in [0.25, 0.3) is 0 Å². The maximum absolute atomic E-state index is 10.3. The number of aliphatic hydroxyl groups is 1. The van der Waals surface area contributed by atoms with E-state index in [1.165, 1.54) is 5.56 Å². The van der Waals surface area contributed by atoms with Crippen LogP contribution in [0.3, 0.4) is 0 Å². The molecule has 2 N–H and O–H groups in total. The van der Waals surface area contributed by atoms with Gasteiger partial charge in [-0.3, -0.25) is 0 Å². The second kappa shape index (κ2) is 8.18. The highest BCUT2D eigenvalue weighted by Crippen LogP contribution is 2.20. The van der Waals surface area contributed by atoms with E-state index in [0.717, 1.165) is 18.4 Å². The van der Waals surface area contributed by atoms with Crippen molar-refractivity contribution >= 4 is 11.6 Å². The minimum Gasteiger partial charge on any atom is -0.387 e. The predicted molar refractivity (Wildman–Crippen MR) is 88.5 cm³/mol. The average molecular weight is 304 g/mol. The highest BCUT2D eigenvalue weighted by Gasteiger charge is 2.13. The number of rotatable bonds is 7. The Balaban J connectivity index is 1.97. The Morgan fingerprint density at radius 3 is 2.29 bits per heavy atom. The molecule has 2 aromatic rings. The molecule has 0 aromatic heterocycles. The van der Waals surface area contributed by atoms with Gasteiger partial charge < -0.3 is 10.4 Å². The summed E-state index contributed by atoms with van der Waals surface area (Å²) in [6.07, 6.45) is 1.63. The molecule has 0 fully saturated rings. The van der Waals surface area contributed by atoms with E-state index in [-0.39, 0.29) is 6.04 Å². The molecule has 2 atom stereocenters. The molecule has 0 aliphatic carbocycles. The second-order valence-corrected chi connectivity index (χ2v) is 5.66. The summed E-state index contributed by atoms with van der Waals surface area (Å²) < 4.78 is 0. The number of aliphatic hydroxyl groups excluding tert-OH is 1. The largest absolute Gasteiger partial charge is 0.387 e. The fourth-order valence-electron chi connectivity index (χ4n) is 2.42. The maximum Gasteiger partial charge on any atom is 0.0914 e. The summed E-state index contributed by atoms with van der Waals surface area (Å²) in [5, 5.41) is 14.4. The number of halogens is 1. The third kappa shape index (κ3) is 4.85. The molecule has 2 aromatic carbocycles. The van der Waals surface area contributed by atoms with Crippen LogP contribution in [0.4, 0.5) is 0 Å². The van der Waals surface area contributed by atoms with Crippen molar-refractivity contribution in [3.8, 4) is 0 Å². The first kappa shape index (κ1) is 16.0. The van der Waals surface area contributed by atoms with Crippen molar-refractivity contribution in [3.05, 3.63) is 70.7 Å². The fraction of sp³-hybridized carbons (Fsp3) is 0.333. The molecule has 112 valence electrons. The van der Waals surface area contributed by atoms with Gasteiger partial charge >= 0.3 is 0 Å². The lowest BCUT2D eigenvalue weighted by Crippen LogP contribution is -2.26. The molecule has 0 saturated heterocycles. The summed E-state index contributed by atoms with van der Waals surface area (Å²) in [5.74, 6) is 0. The van der Waals surface area contributed by atoms with Crippen molar-refractivity contribution < 1.29 is 5.11 Å². The van der Waals surface area contributed by atoms with Gasteiger partial charge in [0.15, 0.2) is 0 Å². The molecule has 3 heteroatoms. The van der Waals surface area contributed by atoms with Crippen molar-refractivity contribution in [2.45, 2.75) is 31.9 Å². The smallest absolute Gasteiger partial charge is 0.0914 e. The van der Waals surface area contributed by atoms with Gasteiger partial charge in [0.2, 0.25) is 0 Å². The van der Waals surface area contributed by atoms with Gasteiger partial charge in [-0.05, 0) is 29.7 Å². The third-order valence-electron chi connectivity index (χ3n) is 3.59. The van der Waals surface area contributed by atoms with Gasteiger partial charge in [0, 0.05) is 17.6 Å². The predicted octanol–water partition coefficient (Wildman–Crippen LogP) is 4.50. The third-order valence-corrected chi connectivity index (χ3v) is 3.84. The Bertz CT molecular complexity index is 527. The van der Waals surface area contributed by atoms with Crippen LogP contribution in [-0.2, 0) is 0 Å². The lowest BCUT2D eigenvalue weighted by Gasteiger charge is -2.21. The first-order valence-corrected chi connectivity index (χ1v) is 7.80. The summed E-state index contributed by atoms with van der Waals surface area (Å²) in [6, 6.07) is 18.0. The molecule has 0 saturated carbocycles. The zero-order valence-electron chi connectivity index (χ0n) is 12.3. The van der Waals surface area contributed by atoms with E-state index >= 15 is 0 Å². The Morgan fingerprint density at radius 2 is 1.67 bits per heavy atom. The van der Waals surface area contributed by atoms with E-state index in [4.69, 9.17) is 11.6 Å². The fourth-order valence-corrected chi connectivity index (χ4v) is 2.54. The minimum absolute atomic E-state index is 0.276. The molecule has 0 aliphatic rings. The number of nitrogens with one attached hydrogen (secondary N) is 1. The van der Waals surface area contributed by atoms with E-state index in [1.807, 2.05) is 18.2 Å². The van der Waals surface area contributed by atoms with E-state index in [9.17, 15) is 5.11 Å². The second-order valence-electron chi connectivity index (χ2n) is 5.23. The highest BCUT2D eigenvalue weighted by molar-refractivity contribution is 6.30. The van der Waals surface area contributed by atoms with Crippen LogP contribution in [0.2, 0.25) is 5.02 Å². The molecule has 0 heterocycles. The molecule has 0 bridgehead atoms. The highest BCUT2D eigenvalue weighted by atomic mass is 35.5. The monoisotopic (exact) mass is 303 g/mol. The molecule has 2 nitrogen and oxygen atoms in total. The molecular formula is C18H22ClNO. The van der Waals surface area contributed by atoms with E-state index in [0.29, 0.717) is 11.6 Å². The zero-order valence-corrected chi connectivity index (χ0v) is 13.1. The van der Waals surface area contributed by atoms with Crippen LogP contribution >= 0.6 is 11.6 Å². The molecule has 1 unspecified atom stereocenters. The molecule has 0 spiro atoms. The zero-order chi connectivity index (χ0) is 15.1. The number of hydrogen-bond acceptors (Lipinski definition) is 2. The Labute approximate surface area is 131 Å². The van der Waals surface area contributed by atoms with Gasteiger partial charge in [0.05, 0.1) is 6.10 Å². The van der Waals surface area contributed by atoms with Crippen LogP contribution in [0, 0.1) is 0 Å². The van der Waals surface area contributed by atoms with Gasteiger partial charge in [-0.1, -0.05) is 67.4 Å². The quantitative estimate of drug-likeness (QED) is 0.789. The van der Waals surface area contributed by atoms with Gasteiger partial charge in [0.1, 0.15) is 0 Å². The molecular weight excluding hydrogens is 282 g/mol. The number of benzene rings is 2. The summed E-state index contributed by atoms with van der Waals surface area (Å²) >= 11 is 5.87. The first-order chi connectivity index (χ1) is 10.2. The van der Waals surface area contributed by atoms with Crippen molar-refractivity contribution in [2.24, 2.45) is 0 Å². The van der Waals surface area contributed by atoms with Crippen molar-refractivity contribution in [2.75, 3.05) is 6.54 Å². The molecule has 0 radical (unpaired) electrons. The topological polar surface area (TPSA) is 32.3 Å². The standard InChI is InChI=1S/C18H22ClNO/c1-2-6-17(14-7-4-3-5-8-14)20-13-18(21)15-9-11-16(19)12-10-15/h3-5,7-12,17-18,20-21H,2,6,13H2,1H3/t17?,18-/m0/s1. The van der Waals surface area contributed by atoms with Crippen LogP contribution in [0.15, 0.2) is 54.6 Å². The van der Waals surface area contributed by atoms with Crippen molar-refractivity contribution in [1.82, 2.24) is 5.32 Å². The van der Waals surface area contributed by atoms with Crippen molar-refractivity contribution in [1.29, 1.82) is 0 Å². The van der Waals surface area contributed by atoms with Crippen LogP contribution in [0.5, 0.6) is 0 Å². The van der Waals surface area contributed by atoms with Crippen molar-refractivity contribution in [3.63, 3.8) is 0 Å². The molecule has 2 rings (SSSR count). The maximum atomic E-state index is 10.3. The molecule has 0 amide bonds. The first-order valence-electron chi connectivity index (χ1n) is 7.42. The summed E-state index contributed by atoms with van der Waals surface area (Å²) in [7, 11) is 0. The van der Waals surface area contributed by atoms with Gasteiger partial charge in [-0.2, -0.15) is 0 Å². The lowest BCUT2D eigenvalue weighted by atomic mass is 10.0. The lowest BCUT2D eigenvalue weighted by molar-refractivity contribution is 0.169. The molecule has 21 heavy (non-hydrogen) atoms. The van der Waals surface area contributed by atoms with E-state index in [1.54, 1.807) is 12.1 Å². The Hall–Kier alpha value is -1.35. The summed E-state index contributed by atoms with van der Waals surface area (Å²) in [5.41, 5.74) is 2.15. The Morgan fingerprint density at radius 1 is 1.00 bits per heavy atom. The molecule has 0 aliphatic heterocycles. The van der Waals surface area contributed by atoms with Crippen LogP contribution in [0.25, 0.3) is 0 Å². The number of hydrogen-bond donors (Lipinski definition) is 2. The van der Waals surface area contributed by atoms with Crippen LogP contribution in [-0.4, -0.2) is 11.7 Å².